The van der Waals surface area contributed by atoms with Crippen molar-refractivity contribution in [3.63, 3.8) is 0 Å². The zero-order chi connectivity index (χ0) is 16.6. The first-order valence-corrected chi connectivity index (χ1v) is 10.7. The quantitative estimate of drug-likeness (QED) is 0.517. The van der Waals surface area contributed by atoms with Crippen molar-refractivity contribution in [2.24, 2.45) is 0 Å². The predicted molar refractivity (Wildman–Crippen MR) is 90.8 cm³/mol. The molecule has 0 aromatic rings. The minimum Gasteiger partial charge on any atom is -0.347 e. The fraction of sp³-hybridized carbons (Fsp3) is 0.882. The molecular weight excluding hydrogens is 315 g/mol. The monoisotopic (exact) mass is 346 g/mol. The molecule has 2 rings (SSSR count). The van der Waals surface area contributed by atoms with Crippen LogP contribution in [0.4, 0.5) is 0 Å². The van der Waals surface area contributed by atoms with Gasteiger partial charge in [0, 0.05) is 12.8 Å². The van der Waals surface area contributed by atoms with Gasteiger partial charge in [-0.25, -0.2) is 0 Å². The van der Waals surface area contributed by atoms with Crippen LogP contribution in [0.2, 0.25) is 0 Å². The summed E-state index contributed by atoms with van der Waals surface area (Å²) in [6.07, 6.45) is 9.82. The third kappa shape index (κ3) is 5.99. The molecule has 23 heavy (non-hydrogen) atoms. The lowest BCUT2D eigenvalue weighted by molar-refractivity contribution is -0.161. The topological polar surface area (TPSA) is 54.0 Å². The Morgan fingerprint density at radius 2 is 1.74 bits per heavy atom. The van der Waals surface area contributed by atoms with Crippen molar-refractivity contribution in [1.29, 1.82) is 0 Å². The first-order chi connectivity index (χ1) is 11.1. The Hall–Kier alpha value is -0.190. The van der Waals surface area contributed by atoms with E-state index in [0.717, 1.165) is 24.8 Å². The third-order valence-electron chi connectivity index (χ3n) is 4.30. The largest absolute Gasteiger partial charge is 0.347 e. The highest BCUT2D eigenvalue weighted by Crippen LogP contribution is 2.51. The Balaban J connectivity index is 2.13. The summed E-state index contributed by atoms with van der Waals surface area (Å²) in [6, 6.07) is 0. The molecule has 0 radical (unpaired) electrons. The van der Waals surface area contributed by atoms with E-state index < -0.39 is 13.4 Å². The van der Waals surface area contributed by atoms with Crippen LogP contribution >= 0.6 is 7.60 Å². The molecule has 0 aromatic heterocycles. The molecule has 0 amide bonds. The van der Waals surface area contributed by atoms with E-state index in [-0.39, 0.29) is 0 Å². The summed E-state index contributed by atoms with van der Waals surface area (Å²) in [7, 11) is -3.08. The van der Waals surface area contributed by atoms with E-state index >= 15 is 0 Å². The minimum absolute atomic E-state index is 0.336. The molecule has 0 saturated carbocycles. The average molecular weight is 346 g/mol. The smallest absolute Gasteiger partial charge is 0.334 e. The second-order valence-electron chi connectivity index (χ2n) is 6.20. The van der Waals surface area contributed by atoms with Gasteiger partial charge in [0.05, 0.1) is 32.6 Å². The molecule has 0 bridgehead atoms. The van der Waals surface area contributed by atoms with E-state index in [4.69, 9.17) is 18.5 Å². The predicted octanol–water partition coefficient (Wildman–Crippen LogP) is 4.67. The van der Waals surface area contributed by atoms with E-state index in [1.54, 1.807) is 0 Å². The van der Waals surface area contributed by atoms with Crippen molar-refractivity contribution in [3.8, 4) is 0 Å². The van der Waals surface area contributed by atoms with Crippen LogP contribution in [0.25, 0.3) is 0 Å². The standard InChI is InChI=1S/C17H31O5P/c1-3-21-23(18,22-4-2)15-16-10-8-6-5-7-9-11-17(14-16)19-12-13-20-17/h10H,3-9,11-15H2,1-2H3/b16-10+. The van der Waals surface area contributed by atoms with Gasteiger partial charge in [-0.05, 0) is 33.1 Å². The molecule has 1 saturated heterocycles. The van der Waals surface area contributed by atoms with Crippen molar-refractivity contribution < 1.29 is 23.1 Å². The van der Waals surface area contributed by atoms with Crippen molar-refractivity contribution in [2.75, 3.05) is 32.6 Å². The van der Waals surface area contributed by atoms with Gasteiger partial charge in [0.15, 0.2) is 5.79 Å². The van der Waals surface area contributed by atoms with Crippen LogP contribution in [-0.4, -0.2) is 38.4 Å². The van der Waals surface area contributed by atoms with Gasteiger partial charge in [0.25, 0.3) is 0 Å². The third-order valence-corrected chi connectivity index (χ3v) is 6.40. The maximum Gasteiger partial charge on any atom is 0.334 e. The highest BCUT2D eigenvalue weighted by atomic mass is 31.2. The fourth-order valence-corrected chi connectivity index (χ4v) is 5.12. The average Bonchev–Trinajstić information content (AvgIpc) is 2.95. The molecule has 6 heteroatoms. The first-order valence-electron chi connectivity index (χ1n) is 8.95. The van der Waals surface area contributed by atoms with Gasteiger partial charge in [-0.1, -0.05) is 24.5 Å². The van der Waals surface area contributed by atoms with Gasteiger partial charge < -0.3 is 18.5 Å². The molecule has 134 valence electrons. The summed E-state index contributed by atoms with van der Waals surface area (Å²) >= 11 is 0. The summed E-state index contributed by atoms with van der Waals surface area (Å²) in [6.45, 7) is 5.76. The van der Waals surface area contributed by atoms with E-state index in [9.17, 15) is 4.57 Å². The second-order valence-corrected chi connectivity index (χ2v) is 8.26. The van der Waals surface area contributed by atoms with Crippen LogP contribution in [0.15, 0.2) is 11.6 Å². The molecule has 1 aliphatic heterocycles. The number of hydrogen-bond donors (Lipinski definition) is 0. The lowest BCUT2D eigenvalue weighted by Crippen LogP contribution is -2.31. The van der Waals surface area contributed by atoms with Crippen LogP contribution in [0, 0.1) is 0 Å². The molecule has 5 nitrogen and oxygen atoms in total. The van der Waals surface area contributed by atoms with Crippen LogP contribution in [0.1, 0.15) is 58.8 Å². The maximum atomic E-state index is 12.9. The molecule has 1 aliphatic carbocycles. The molecule has 1 spiro atoms. The zero-order valence-electron chi connectivity index (χ0n) is 14.6. The molecule has 1 heterocycles. The zero-order valence-corrected chi connectivity index (χ0v) is 15.4. The summed E-state index contributed by atoms with van der Waals surface area (Å²) < 4.78 is 35.7. The Bertz CT molecular complexity index is 419. The van der Waals surface area contributed by atoms with Crippen LogP contribution in [0.5, 0.6) is 0 Å². The van der Waals surface area contributed by atoms with E-state index in [0.29, 0.717) is 39.0 Å². The number of allylic oxidation sites excluding steroid dienone is 1. The van der Waals surface area contributed by atoms with Crippen molar-refractivity contribution in [1.82, 2.24) is 0 Å². The Morgan fingerprint density at radius 3 is 2.39 bits per heavy atom. The summed E-state index contributed by atoms with van der Waals surface area (Å²) in [4.78, 5) is 0. The Morgan fingerprint density at radius 1 is 1.09 bits per heavy atom. The van der Waals surface area contributed by atoms with E-state index in [1.807, 2.05) is 13.8 Å². The summed E-state index contributed by atoms with van der Waals surface area (Å²) in [5.41, 5.74) is 1.08. The maximum absolute atomic E-state index is 12.9. The van der Waals surface area contributed by atoms with Gasteiger partial charge >= 0.3 is 7.60 Å². The Kier molecular flexibility index (Phi) is 7.77. The minimum atomic E-state index is -3.08. The lowest BCUT2D eigenvalue weighted by Gasteiger charge is -2.30. The molecule has 1 fully saturated rings. The molecule has 0 atom stereocenters. The van der Waals surface area contributed by atoms with Crippen LogP contribution in [0.3, 0.4) is 0 Å². The normalized spacial score (nSPS) is 25.2. The SMILES string of the molecule is CCOP(=O)(C/C1=C/CCCCCCC2(C1)OCCO2)OCC. The molecule has 0 aromatic carbocycles. The molecule has 2 aliphatic rings. The number of ether oxygens (including phenoxy) is 2. The number of hydrogen-bond acceptors (Lipinski definition) is 5. The van der Waals surface area contributed by atoms with Gasteiger partial charge in [-0.15, -0.1) is 0 Å². The summed E-state index contributed by atoms with van der Waals surface area (Å²) in [5.74, 6) is -0.535. The van der Waals surface area contributed by atoms with Gasteiger partial charge in [0.2, 0.25) is 0 Å². The summed E-state index contributed by atoms with van der Waals surface area (Å²) in [5, 5.41) is 0. The first kappa shape index (κ1) is 19.1. The highest BCUT2D eigenvalue weighted by Gasteiger charge is 2.38. The molecular formula is C17H31O5P. The van der Waals surface area contributed by atoms with Gasteiger partial charge in [-0.2, -0.15) is 0 Å². The Labute approximate surface area is 140 Å². The van der Waals surface area contributed by atoms with Crippen molar-refractivity contribution >= 4 is 7.60 Å². The van der Waals surface area contributed by atoms with Crippen LogP contribution < -0.4 is 0 Å². The van der Waals surface area contributed by atoms with E-state index in [1.165, 1.54) is 19.3 Å². The fourth-order valence-electron chi connectivity index (χ4n) is 3.34. The van der Waals surface area contributed by atoms with Crippen molar-refractivity contribution in [2.45, 2.75) is 64.6 Å². The second kappa shape index (κ2) is 9.33. The number of rotatable bonds is 6. The molecule has 0 unspecified atom stereocenters. The van der Waals surface area contributed by atoms with Crippen LogP contribution in [-0.2, 0) is 23.1 Å². The molecule has 0 N–H and O–H groups in total. The van der Waals surface area contributed by atoms with E-state index in [2.05, 4.69) is 6.08 Å². The van der Waals surface area contributed by atoms with Gasteiger partial charge in [0.1, 0.15) is 0 Å². The lowest BCUT2D eigenvalue weighted by atomic mass is 9.96. The van der Waals surface area contributed by atoms with Crippen molar-refractivity contribution in [3.05, 3.63) is 11.6 Å². The highest BCUT2D eigenvalue weighted by molar-refractivity contribution is 7.54. The van der Waals surface area contributed by atoms with Gasteiger partial charge in [-0.3, -0.25) is 4.57 Å².